The molecular weight excluding hydrogens is 440 g/mol. The average Bonchev–Trinajstić information content (AvgIpc) is 2.93. The molecule has 5 aromatic rings. The van der Waals surface area contributed by atoms with Crippen LogP contribution >= 0.6 is 0 Å². The van der Waals surface area contributed by atoms with E-state index in [0.717, 1.165) is 45.0 Å². The van der Waals surface area contributed by atoms with Crippen LogP contribution in [0.5, 0.6) is 0 Å². The number of hydrogen-bond acceptors (Lipinski definition) is 4. The molecule has 0 heterocycles. The molecule has 0 N–H and O–H groups in total. The SMILES string of the molecule is Cc1ccc(N=Nc2ccc(-c3ccc(-c4ccc(N=Nc5ccc(C)cc5)cc4)cc3)cc2)cc1. The molecule has 5 rings (SSSR count). The molecule has 0 unspecified atom stereocenters. The normalized spacial score (nSPS) is 11.4. The molecule has 0 radical (unpaired) electrons. The van der Waals surface area contributed by atoms with Crippen LogP contribution in [-0.2, 0) is 0 Å². The fourth-order valence-corrected chi connectivity index (χ4v) is 3.75. The fraction of sp³-hybridized carbons (Fsp3) is 0.0625. The van der Waals surface area contributed by atoms with Gasteiger partial charge in [-0.15, -0.1) is 0 Å². The van der Waals surface area contributed by atoms with Crippen molar-refractivity contribution < 1.29 is 0 Å². The summed E-state index contributed by atoms with van der Waals surface area (Å²) in [6.07, 6.45) is 0. The van der Waals surface area contributed by atoms with Gasteiger partial charge in [-0.1, -0.05) is 83.9 Å². The maximum atomic E-state index is 4.35. The lowest BCUT2D eigenvalue weighted by atomic mass is 10.00. The topological polar surface area (TPSA) is 49.4 Å². The number of aryl methyl sites for hydroxylation is 2. The number of rotatable bonds is 6. The van der Waals surface area contributed by atoms with E-state index >= 15 is 0 Å². The van der Waals surface area contributed by atoms with E-state index in [9.17, 15) is 0 Å². The standard InChI is InChI=1S/C32H26N4/c1-23-3-15-29(16-4-23)33-35-31-19-11-27(12-20-31)25-7-9-26(10-8-25)28-13-21-32(22-14-28)36-34-30-17-5-24(2)6-18-30/h3-22H,1-2H3. The smallest absolute Gasteiger partial charge is 0.0857 e. The summed E-state index contributed by atoms with van der Waals surface area (Å²) in [6.45, 7) is 4.12. The fourth-order valence-electron chi connectivity index (χ4n) is 3.75. The van der Waals surface area contributed by atoms with Gasteiger partial charge in [0, 0.05) is 0 Å². The molecule has 0 amide bonds. The lowest BCUT2D eigenvalue weighted by Crippen LogP contribution is -1.80. The van der Waals surface area contributed by atoms with Gasteiger partial charge in [-0.3, -0.25) is 0 Å². The highest BCUT2D eigenvalue weighted by Crippen LogP contribution is 2.28. The van der Waals surface area contributed by atoms with E-state index in [1.165, 1.54) is 11.1 Å². The van der Waals surface area contributed by atoms with Crippen molar-refractivity contribution >= 4 is 22.7 Å². The van der Waals surface area contributed by atoms with Crippen molar-refractivity contribution in [3.63, 3.8) is 0 Å². The summed E-state index contributed by atoms with van der Waals surface area (Å²) in [5, 5.41) is 17.3. The van der Waals surface area contributed by atoms with Crippen LogP contribution in [0.25, 0.3) is 22.3 Å². The first kappa shape index (κ1) is 23.1. The Kier molecular flexibility index (Phi) is 6.86. The summed E-state index contributed by atoms with van der Waals surface area (Å²) >= 11 is 0. The predicted octanol–water partition coefficient (Wildman–Crippen LogP) is 10.5. The third-order valence-electron chi connectivity index (χ3n) is 5.92. The maximum Gasteiger partial charge on any atom is 0.0857 e. The van der Waals surface area contributed by atoms with Crippen molar-refractivity contribution in [2.75, 3.05) is 0 Å². The lowest BCUT2D eigenvalue weighted by Gasteiger charge is -2.06. The van der Waals surface area contributed by atoms with Gasteiger partial charge in [0.25, 0.3) is 0 Å². The molecule has 4 nitrogen and oxygen atoms in total. The van der Waals surface area contributed by atoms with Crippen molar-refractivity contribution in [2.24, 2.45) is 20.5 Å². The van der Waals surface area contributed by atoms with Gasteiger partial charge in [-0.2, -0.15) is 20.5 Å². The highest BCUT2D eigenvalue weighted by Gasteiger charge is 2.02. The zero-order valence-electron chi connectivity index (χ0n) is 20.3. The van der Waals surface area contributed by atoms with Gasteiger partial charge in [0.15, 0.2) is 0 Å². The van der Waals surface area contributed by atoms with Gasteiger partial charge < -0.3 is 0 Å². The molecular formula is C32H26N4. The second-order valence-electron chi connectivity index (χ2n) is 8.74. The van der Waals surface area contributed by atoms with E-state index in [1.54, 1.807) is 0 Å². The minimum Gasteiger partial charge on any atom is -0.151 e. The summed E-state index contributed by atoms with van der Waals surface area (Å²) in [5.74, 6) is 0. The molecule has 36 heavy (non-hydrogen) atoms. The number of azo groups is 2. The van der Waals surface area contributed by atoms with Crippen LogP contribution in [0, 0.1) is 13.8 Å². The molecule has 0 aliphatic rings. The Morgan fingerprint density at radius 3 is 0.722 bits per heavy atom. The number of hydrogen-bond donors (Lipinski definition) is 0. The summed E-state index contributed by atoms with van der Waals surface area (Å²) in [4.78, 5) is 0. The molecule has 5 aromatic carbocycles. The van der Waals surface area contributed by atoms with Crippen molar-refractivity contribution in [1.29, 1.82) is 0 Å². The van der Waals surface area contributed by atoms with Crippen molar-refractivity contribution in [2.45, 2.75) is 13.8 Å². The Morgan fingerprint density at radius 2 is 0.472 bits per heavy atom. The zero-order chi connectivity index (χ0) is 24.7. The largest absolute Gasteiger partial charge is 0.151 e. The maximum absolute atomic E-state index is 4.35. The van der Waals surface area contributed by atoms with Crippen LogP contribution in [0.15, 0.2) is 142 Å². The molecule has 0 saturated heterocycles. The average molecular weight is 467 g/mol. The molecule has 174 valence electrons. The van der Waals surface area contributed by atoms with E-state index in [4.69, 9.17) is 0 Å². The van der Waals surface area contributed by atoms with Crippen LogP contribution in [0.4, 0.5) is 22.7 Å². The van der Waals surface area contributed by atoms with Gasteiger partial charge in [-0.25, -0.2) is 0 Å². The van der Waals surface area contributed by atoms with Crippen molar-refractivity contribution in [3.05, 3.63) is 132 Å². The zero-order valence-corrected chi connectivity index (χ0v) is 20.3. The number of benzene rings is 5. The van der Waals surface area contributed by atoms with Gasteiger partial charge in [0.1, 0.15) is 0 Å². The monoisotopic (exact) mass is 466 g/mol. The Morgan fingerprint density at radius 1 is 0.278 bits per heavy atom. The predicted molar refractivity (Wildman–Crippen MR) is 148 cm³/mol. The Balaban J connectivity index is 1.24. The second-order valence-corrected chi connectivity index (χ2v) is 8.74. The van der Waals surface area contributed by atoms with Crippen LogP contribution in [-0.4, -0.2) is 0 Å². The van der Waals surface area contributed by atoms with Gasteiger partial charge in [0.2, 0.25) is 0 Å². The third kappa shape index (κ3) is 5.86. The van der Waals surface area contributed by atoms with E-state index in [1.807, 2.05) is 72.8 Å². The Bertz CT molecular complexity index is 1360. The third-order valence-corrected chi connectivity index (χ3v) is 5.92. The molecule has 0 fully saturated rings. The highest BCUT2D eigenvalue weighted by molar-refractivity contribution is 5.71. The first-order valence-electron chi connectivity index (χ1n) is 11.9. The second kappa shape index (κ2) is 10.7. The van der Waals surface area contributed by atoms with Crippen LogP contribution in [0.2, 0.25) is 0 Å². The molecule has 0 aliphatic carbocycles. The molecule has 0 aliphatic heterocycles. The van der Waals surface area contributed by atoms with E-state index < -0.39 is 0 Å². The Labute approximate surface area is 211 Å². The van der Waals surface area contributed by atoms with Crippen molar-refractivity contribution in [1.82, 2.24) is 0 Å². The van der Waals surface area contributed by atoms with Crippen LogP contribution < -0.4 is 0 Å². The summed E-state index contributed by atoms with van der Waals surface area (Å²) in [5.41, 5.74) is 10.4. The lowest BCUT2D eigenvalue weighted by molar-refractivity contribution is 1.23. The van der Waals surface area contributed by atoms with Gasteiger partial charge >= 0.3 is 0 Å². The molecule has 0 spiro atoms. The molecule has 4 heteroatoms. The molecule has 0 bridgehead atoms. The first-order valence-corrected chi connectivity index (χ1v) is 11.9. The Hall–Kier alpha value is -4.70. The summed E-state index contributed by atoms with van der Waals surface area (Å²) in [6, 6.07) is 40.9. The van der Waals surface area contributed by atoms with E-state index in [2.05, 4.69) is 82.8 Å². The minimum absolute atomic E-state index is 0.829. The van der Waals surface area contributed by atoms with Crippen molar-refractivity contribution in [3.8, 4) is 22.3 Å². The highest BCUT2D eigenvalue weighted by atomic mass is 15.1. The van der Waals surface area contributed by atoms with Gasteiger partial charge in [0.05, 0.1) is 22.7 Å². The van der Waals surface area contributed by atoms with Crippen LogP contribution in [0.3, 0.4) is 0 Å². The van der Waals surface area contributed by atoms with E-state index in [0.29, 0.717) is 0 Å². The molecule has 0 atom stereocenters. The number of nitrogens with zero attached hydrogens (tertiary/aromatic N) is 4. The summed E-state index contributed by atoms with van der Waals surface area (Å²) in [7, 11) is 0. The molecule has 0 aromatic heterocycles. The minimum atomic E-state index is 0.829. The molecule has 0 saturated carbocycles. The quantitative estimate of drug-likeness (QED) is 0.223. The van der Waals surface area contributed by atoms with Gasteiger partial charge in [-0.05, 0) is 84.6 Å². The van der Waals surface area contributed by atoms with Crippen LogP contribution in [0.1, 0.15) is 11.1 Å². The van der Waals surface area contributed by atoms with E-state index in [-0.39, 0.29) is 0 Å². The summed E-state index contributed by atoms with van der Waals surface area (Å²) < 4.78 is 0. The first-order chi connectivity index (χ1) is 17.6.